The van der Waals surface area contributed by atoms with Gasteiger partial charge in [-0.3, -0.25) is 19.4 Å². The molecule has 0 N–H and O–H groups in total. The van der Waals surface area contributed by atoms with Crippen LogP contribution in [0.15, 0.2) is 36.4 Å². The van der Waals surface area contributed by atoms with Crippen molar-refractivity contribution in [2.75, 3.05) is 64.3 Å². The minimum atomic E-state index is -0.230. The lowest BCUT2D eigenvalue weighted by atomic mass is 9.38. The van der Waals surface area contributed by atoms with Crippen LogP contribution in [0.2, 0.25) is 0 Å². The highest BCUT2D eigenvalue weighted by Gasteiger charge is 2.82. The lowest BCUT2D eigenvalue weighted by Gasteiger charge is -2.70. The van der Waals surface area contributed by atoms with Gasteiger partial charge in [0.1, 0.15) is 0 Å². The summed E-state index contributed by atoms with van der Waals surface area (Å²) in [5.41, 5.74) is 8.23. The number of hydrogen-bond donors (Lipinski definition) is 0. The first-order chi connectivity index (χ1) is 25.7. The van der Waals surface area contributed by atoms with E-state index in [0.29, 0.717) is 12.1 Å². The van der Waals surface area contributed by atoms with E-state index in [-0.39, 0.29) is 56.5 Å². The van der Waals surface area contributed by atoms with Gasteiger partial charge in [0.05, 0.1) is 37.1 Å². The van der Waals surface area contributed by atoms with Crippen LogP contribution in [0, 0.1) is 22.7 Å². The van der Waals surface area contributed by atoms with Gasteiger partial charge in [-0.2, -0.15) is 0 Å². The quantitative estimate of drug-likeness (QED) is 0.368. The summed E-state index contributed by atoms with van der Waals surface area (Å²) in [5, 5.41) is 0. The number of carbonyl (C=O) groups excluding carboxylic acids is 2. The van der Waals surface area contributed by atoms with E-state index in [2.05, 4.69) is 70.1 Å². The normalized spacial score (nSPS) is 45.0. The minimum absolute atomic E-state index is 0.000110. The van der Waals surface area contributed by atoms with Crippen molar-refractivity contribution in [3.8, 4) is 0 Å². The highest BCUT2D eigenvalue weighted by Crippen LogP contribution is 2.77. The van der Waals surface area contributed by atoms with Gasteiger partial charge in [0.15, 0.2) is 0 Å². The van der Waals surface area contributed by atoms with Crippen molar-refractivity contribution in [1.82, 2.24) is 9.80 Å². The Balaban J connectivity index is 0.945. The van der Waals surface area contributed by atoms with Gasteiger partial charge in [-0.15, -0.1) is 0 Å². The summed E-state index contributed by atoms with van der Waals surface area (Å²) in [6, 6.07) is 15.8. The average molecular weight is 717 g/mol. The summed E-state index contributed by atoms with van der Waals surface area (Å²) in [5.74, 6) is -0.185. The standard InChI is InChI=1S/C45H56N4O4/c1-46-34-24-28(7-9-30(34)42-17-21-48-19-5-11-40(38(42)48)13-15-44(42,46)32(26-40)36(50)52-3)23-29-8-10-31-35(25-29)47(2)45-16-14-41(27-33(45)37(51)53-4)12-6-20-49-22-18-43(31,45)39(41)49/h7-10,24-25,32-33,38-39H,5-6,11-23,26-27H2,1-4H3/t32-,33-,38+,39+,40-,41-,42-,43-,44+,45+/m0/s1. The molecule has 6 saturated carbocycles. The Bertz CT molecular complexity index is 1860. The van der Waals surface area contributed by atoms with Crippen LogP contribution in [0.25, 0.3) is 0 Å². The van der Waals surface area contributed by atoms with Crippen LogP contribution in [-0.4, -0.2) is 99.4 Å². The lowest BCUT2D eigenvalue weighted by molar-refractivity contribution is -0.175. The summed E-state index contributed by atoms with van der Waals surface area (Å²) in [7, 11) is 7.81. The number of rotatable bonds is 4. The fourth-order valence-corrected chi connectivity index (χ4v) is 17.8. The number of hydrogen-bond acceptors (Lipinski definition) is 8. The topological polar surface area (TPSA) is 65.6 Å². The van der Waals surface area contributed by atoms with Gasteiger partial charge in [0, 0.05) is 48.4 Å². The van der Waals surface area contributed by atoms with Crippen LogP contribution in [-0.2, 0) is 36.3 Å². The first kappa shape index (κ1) is 32.2. The molecule has 12 aliphatic rings. The molecule has 6 heterocycles. The maximum atomic E-state index is 13.8. The highest BCUT2D eigenvalue weighted by molar-refractivity contribution is 5.83. The van der Waals surface area contributed by atoms with Gasteiger partial charge in [-0.05, 0) is 155 Å². The zero-order chi connectivity index (χ0) is 35.9. The van der Waals surface area contributed by atoms with Gasteiger partial charge >= 0.3 is 11.9 Å². The number of methoxy groups -OCH3 is 2. The van der Waals surface area contributed by atoms with Crippen LogP contribution in [0.1, 0.15) is 99.3 Å². The van der Waals surface area contributed by atoms with E-state index in [1.54, 1.807) is 14.2 Å². The number of ether oxygens (including phenoxy) is 2. The van der Waals surface area contributed by atoms with Crippen molar-refractivity contribution < 1.29 is 19.1 Å². The van der Waals surface area contributed by atoms with E-state index in [1.165, 1.54) is 85.2 Å². The van der Waals surface area contributed by atoms with Crippen molar-refractivity contribution in [2.24, 2.45) is 22.7 Å². The first-order valence-electron chi connectivity index (χ1n) is 21.0. The van der Waals surface area contributed by atoms with E-state index < -0.39 is 0 Å². The highest BCUT2D eigenvalue weighted by atomic mass is 16.5. The Kier molecular flexibility index (Phi) is 6.07. The smallest absolute Gasteiger partial charge is 0.311 e. The summed E-state index contributed by atoms with van der Waals surface area (Å²) < 4.78 is 11.3. The molecular weight excluding hydrogens is 661 g/mol. The van der Waals surface area contributed by atoms with Crippen molar-refractivity contribution in [1.29, 1.82) is 0 Å². The monoisotopic (exact) mass is 716 g/mol. The predicted molar refractivity (Wildman–Crippen MR) is 203 cm³/mol. The molecule has 4 bridgehead atoms. The Labute approximate surface area is 314 Å². The van der Waals surface area contributed by atoms with E-state index in [1.807, 2.05) is 0 Å². The van der Waals surface area contributed by atoms with Crippen LogP contribution >= 0.6 is 0 Å². The molecule has 10 fully saturated rings. The molecule has 0 radical (unpaired) electrons. The van der Waals surface area contributed by atoms with Crippen molar-refractivity contribution >= 4 is 23.3 Å². The molecule has 6 aliphatic heterocycles. The van der Waals surface area contributed by atoms with E-state index in [4.69, 9.17) is 9.47 Å². The van der Waals surface area contributed by atoms with Crippen LogP contribution in [0.5, 0.6) is 0 Å². The number of piperidine rings is 2. The number of benzene rings is 2. The zero-order valence-corrected chi connectivity index (χ0v) is 32.2. The third-order valence-electron chi connectivity index (χ3n) is 19.0. The summed E-state index contributed by atoms with van der Waals surface area (Å²) in [4.78, 5) is 38.4. The Morgan fingerprint density at radius 3 is 1.51 bits per heavy atom. The fraction of sp³-hybridized carbons (Fsp3) is 0.689. The summed E-state index contributed by atoms with van der Waals surface area (Å²) in [6.45, 7) is 4.66. The van der Waals surface area contributed by atoms with E-state index in [9.17, 15) is 9.59 Å². The molecule has 8 heteroatoms. The summed E-state index contributed by atoms with van der Waals surface area (Å²) in [6.07, 6.45) is 14.6. The third kappa shape index (κ3) is 3.22. The molecular formula is C45H56N4O4. The second kappa shape index (κ2) is 10.0. The second-order valence-corrected chi connectivity index (χ2v) is 19.7. The van der Waals surface area contributed by atoms with E-state index in [0.717, 1.165) is 58.0 Å². The van der Waals surface area contributed by atoms with Gasteiger partial charge in [0.2, 0.25) is 0 Å². The van der Waals surface area contributed by atoms with E-state index >= 15 is 0 Å². The summed E-state index contributed by atoms with van der Waals surface area (Å²) >= 11 is 0. The molecule has 8 nitrogen and oxygen atoms in total. The minimum Gasteiger partial charge on any atom is -0.469 e. The Morgan fingerprint density at radius 2 is 1.08 bits per heavy atom. The van der Waals surface area contributed by atoms with Crippen molar-refractivity contribution in [2.45, 2.75) is 117 Å². The number of nitrogens with zero attached hydrogens (tertiary/aromatic N) is 4. The number of anilines is 2. The molecule has 6 aliphatic carbocycles. The number of fused-ring (bicyclic) bond motifs is 6. The number of carbonyl (C=O) groups is 2. The maximum Gasteiger partial charge on any atom is 0.311 e. The fourth-order valence-electron chi connectivity index (χ4n) is 17.8. The molecule has 2 aromatic rings. The van der Waals surface area contributed by atoms with Crippen molar-refractivity contribution in [3.63, 3.8) is 0 Å². The first-order valence-corrected chi connectivity index (χ1v) is 21.0. The van der Waals surface area contributed by atoms with Gasteiger partial charge < -0.3 is 19.3 Å². The average Bonchev–Trinajstić information content (AvgIpc) is 3.91. The van der Waals surface area contributed by atoms with Crippen LogP contribution < -0.4 is 9.80 Å². The van der Waals surface area contributed by atoms with Crippen molar-refractivity contribution in [3.05, 3.63) is 58.7 Å². The largest absolute Gasteiger partial charge is 0.469 e. The molecule has 14 rings (SSSR count). The second-order valence-electron chi connectivity index (χ2n) is 19.7. The van der Waals surface area contributed by atoms with Gasteiger partial charge in [-0.1, -0.05) is 24.3 Å². The number of esters is 2. The van der Waals surface area contributed by atoms with Crippen LogP contribution in [0.4, 0.5) is 11.4 Å². The zero-order valence-electron chi connectivity index (χ0n) is 32.2. The van der Waals surface area contributed by atoms with Crippen LogP contribution in [0.3, 0.4) is 0 Å². The predicted octanol–water partition coefficient (Wildman–Crippen LogP) is 5.81. The molecule has 280 valence electrons. The maximum absolute atomic E-state index is 13.8. The molecule has 0 amide bonds. The third-order valence-corrected chi connectivity index (χ3v) is 19.0. The van der Waals surface area contributed by atoms with Gasteiger partial charge in [0.25, 0.3) is 0 Å². The lowest BCUT2D eigenvalue weighted by Crippen LogP contribution is -2.78. The number of likely N-dealkylation sites (N-methyl/N-ethyl adjacent to an activating group) is 2. The molecule has 0 aromatic heterocycles. The molecule has 2 aromatic carbocycles. The molecule has 53 heavy (non-hydrogen) atoms. The van der Waals surface area contributed by atoms with Gasteiger partial charge in [-0.25, -0.2) is 0 Å². The molecule has 10 atom stereocenters. The molecule has 6 spiro atoms. The SMILES string of the molecule is COC(=O)[C@@H]1C[C@]23CCCN4CC[C@]5(c6ccc(Cc7ccc8c(c7)N(C)[C@@]79CC[C@@]%10(CCCN%11CC[C@@]87[C@H]%11%10)C[C@H]9C(=O)OC)cc6N(C)[C@]15CC2)[C@H]43. The Morgan fingerprint density at radius 1 is 0.623 bits per heavy atom. The molecule has 4 saturated heterocycles. The molecule has 0 unspecified atom stereocenters. The Hall–Kier alpha value is -3.10.